The van der Waals surface area contributed by atoms with E-state index in [0.717, 1.165) is 39.6 Å². The van der Waals surface area contributed by atoms with Crippen molar-refractivity contribution in [3.8, 4) is 33.9 Å². The number of nitrogens with one attached hydrogen (secondary N) is 1. The van der Waals surface area contributed by atoms with E-state index in [0.29, 0.717) is 0 Å². The van der Waals surface area contributed by atoms with Crippen molar-refractivity contribution in [1.29, 1.82) is 0 Å². The molecule has 3 rings (SSSR count). The monoisotopic (exact) mass is 294 g/mol. The van der Waals surface area contributed by atoms with E-state index in [1.807, 2.05) is 55.5 Å². The Morgan fingerprint density at radius 1 is 0.864 bits per heavy atom. The number of aromatic nitrogens is 2. The average molecular weight is 294 g/mol. The lowest BCUT2D eigenvalue weighted by molar-refractivity contribution is 0.415. The maximum absolute atomic E-state index is 5.30. The first-order chi connectivity index (χ1) is 10.7. The van der Waals surface area contributed by atoms with Gasteiger partial charge in [-0.3, -0.25) is 5.10 Å². The van der Waals surface area contributed by atoms with Crippen LogP contribution in [0.2, 0.25) is 0 Å². The number of nitrogens with zero attached hydrogens (tertiary/aromatic N) is 1. The Balaban J connectivity index is 2.10. The fourth-order valence-electron chi connectivity index (χ4n) is 2.52. The minimum Gasteiger partial charge on any atom is -0.497 e. The van der Waals surface area contributed by atoms with E-state index in [4.69, 9.17) is 9.47 Å². The lowest BCUT2D eigenvalue weighted by Gasteiger charge is -2.07. The van der Waals surface area contributed by atoms with Gasteiger partial charge < -0.3 is 9.47 Å². The summed E-state index contributed by atoms with van der Waals surface area (Å²) in [6.45, 7) is 2.02. The average Bonchev–Trinajstić information content (AvgIpc) is 2.96. The third-order valence-electron chi connectivity index (χ3n) is 3.67. The molecule has 1 heterocycles. The van der Waals surface area contributed by atoms with Crippen LogP contribution in [0.15, 0.2) is 48.5 Å². The summed E-state index contributed by atoms with van der Waals surface area (Å²) >= 11 is 0. The second-order valence-electron chi connectivity index (χ2n) is 5.03. The molecule has 0 saturated carbocycles. The van der Waals surface area contributed by atoms with E-state index in [1.165, 1.54) is 0 Å². The van der Waals surface area contributed by atoms with Crippen LogP contribution in [0.1, 0.15) is 5.69 Å². The zero-order valence-electron chi connectivity index (χ0n) is 12.9. The smallest absolute Gasteiger partial charge is 0.119 e. The number of hydrogen-bond acceptors (Lipinski definition) is 3. The van der Waals surface area contributed by atoms with E-state index in [1.54, 1.807) is 14.2 Å². The van der Waals surface area contributed by atoms with Crippen molar-refractivity contribution in [3.05, 3.63) is 54.2 Å². The van der Waals surface area contributed by atoms with Crippen molar-refractivity contribution in [2.45, 2.75) is 6.92 Å². The zero-order valence-corrected chi connectivity index (χ0v) is 12.9. The highest BCUT2D eigenvalue weighted by Gasteiger charge is 2.14. The summed E-state index contributed by atoms with van der Waals surface area (Å²) in [6.07, 6.45) is 0. The molecule has 4 heteroatoms. The molecule has 0 fully saturated rings. The molecule has 0 bridgehead atoms. The van der Waals surface area contributed by atoms with Crippen LogP contribution in [-0.4, -0.2) is 24.4 Å². The molecule has 0 unspecified atom stereocenters. The Bertz CT molecular complexity index is 776. The first kappa shape index (κ1) is 14.2. The summed E-state index contributed by atoms with van der Waals surface area (Å²) in [5.41, 5.74) is 5.17. The Hall–Kier alpha value is -2.75. The van der Waals surface area contributed by atoms with E-state index >= 15 is 0 Å². The lowest BCUT2D eigenvalue weighted by atomic mass is 9.99. The van der Waals surface area contributed by atoms with E-state index in [9.17, 15) is 0 Å². The number of hydrogen-bond donors (Lipinski definition) is 1. The Morgan fingerprint density at radius 3 is 2.27 bits per heavy atom. The molecule has 0 amide bonds. The highest BCUT2D eigenvalue weighted by atomic mass is 16.5. The van der Waals surface area contributed by atoms with Gasteiger partial charge in [-0.1, -0.05) is 24.3 Å². The molecule has 0 aliphatic heterocycles. The quantitative estimate of drug-likeness (QED) is 0.789. The van der Waals surface area contributed by atoms with E-state index in [-0.39, 0.29) is 0 Å². The Kier molecular flexibility index (Phi) is 3.83. The molecule has 0 aliphatic rings. The number of aryl methyl sites for hydroxylation is 1. The first-order valence-corrected chi connectivity index (χ1v) is 7.06. The van der Waals surface area contributed by atoms with Gasteiger partial charge in [0.1, 0.15) is 17.2 Å². The molecule has 22 heavy (non-hydrogen) atoms. The number of methoxy groups -OCH3 is 2. The van der Waals surface area contributed by atoms with Crippen molar-refractivity contribution < 1.29 is 9.47 Å². The van der Waals surface area contributed by atoms with Gasteiger partial charge in [0.05, 0.1) is 14.2 Å². The third kappa shape index (κ3) is 2.55. The molecular formula is C18H18N2O2. The number of ether oxygens (including phenoxy) is 2. The van der Waals surface area contributed by atoms with Gasteiger partial charge >= 0.3 is 0 Å². The maximum Gasteiger partial charge on any atom is 0.119 e. The minimum atomic E-state index is 0.818. The first-order valence-electron chi connectivity index (χ1n) is 7.06. The Morgan fingerprint density at radius 2 is 1.59 bits per heavy atom. The molecule has 0 radical (unpaired) electrons. The zero-order chi connectivity index (χ0) is 15.5. The second kappa shape index (κ2) is 5.93. The predicted octanol–water partition coefficient (Wildman–Crippen LogP) is 4.07. The summed E-state index contributed by atoms with van der Waals surface area (Å²) in [5.74, 6) is 1.66. The summed E-state index contributed by atoms with van der Waals surface area (Å²) in [5, 5.41) is 7.55. The third-order valence-corrected chi connectivity index (χ3v) is 3.67. The van der Waals surface area contributed by atoms with Crippen LogP contribution in [0, 0.1) is 6.92 Å². The van der Waals surface area contributed by atoms with Gasteiger partial charge in [-0.15, -0.1) is 0 Å². The van der Waals surface area contributed by atoms with Crippen molar-refractivity contribution >= 4 is 0 Å². The minimum absolute atomic E-state index is 0.818. The maximum atomic E-state index is 5.30. The molecule has 2 aromatic carbocycles. The van der Waals surface area contributed by atoms with Gasteiger partial charge in [-0.2, -0.15) is 5.10 Å². The van der Waals surface area contributed by atoms with Gasteiger partial charge in [0.2, 0.25) is 0 Å². The van der Waals surface area contributed by atoms with Gasteiger partial charge in [0.15, 0.2) is 0 Å². The highest BCUT2D eigenvalue weighted by molar-refractivity contribution is 5.83. The van der Waals surface area contributed by atoms with Crippen molar-refractivity contribution in [3.63, 3.8) is 0 Å². The van der Waals surface area contributed by atoms with Gasteiger partial charge in [0.25, 0.3) is 0 Å². The molecule has 0 saturated heterocycles. The van der Waals surface area contributed by atoms with Crippen molar-refractivity contribution in [2.75, 3.05) is 14.2 Å². The molecule has 3 aromatic rings. The number of aromatic amines is 1. The fourth-order valence-corrected chi connectivity index (χ4v) is 2.52. The topological polar surface area (TPSA) is 47.1 Å². The molecule has 112 valence electrons. The van der Waals surface area contributed by atoms with Crippen molar-refractivity contribution in [2.24, 2.45) is 0 Å². The van der Waals surface area contributed by atoms with Crippen LogP contribution < -0.4 is 9.47 Å². The second-order valence-corrected chi connectivity index (χ2v) is 5.03. The summed E-state index contributed by atoms with van der Waals surface area (Å²) < 4.78 is 10.5. The summed E-state index contributed by atoms with van der Waals surface area (Å²) in [4.78, 5) is 0. The molecule has 1 N–H and O–H groups in total. The van der Waals surface area contributed by atoms with Gasteiger partial charge in [0, 0.05) is 16.8 Å². The van der Waals surface area contributed by atoms with Gasteiger partial charge in [-0.25, -0.2) is 0 Å². The molecule has 1 aromatic heterocycles. The van der Waals surface area contributed by atoms with E-state index < -0.39 is 0 Å². The highest BCUT2D eigenvalue weighted by Crippen LogP contribution is 2.34. The number of H-pyrrole nitrogens is 1. The number of benzene rings is 2. The SMILES string of the molecule is COc1ccc(-c2c(-c3cccc(OC)c3)n[nH]c2C)cc1. The van der Waals surface area contributed by atoms with Crippen LogP contribution in [-0.2, 0) is 0 Å². The van der Waals surface area contributed by atoms with Crippen molar-refractivity contribution in [1.82, 2.24) is 10.2 Å². The fraction of sp³-hybridized carbons (Fsp3) is 0.167. The molecule has 0 aliphatic carbocycles. The van der Waals surface area contributed by atoms with E-state index in [2.05, 4.69) is 10.2 Å². The molecular weight excluding hydrogens is 276 g/mol. The normalized spacial score (nSPS) is 10.5. The molecule has 0 atom stereocenters. The largest absolute Gasteiger partial charge is 0.497 e. The van der Waals surface area contributed by atoms with Gasteiger partial charge in [-0.05, 0) is 36.8 Å². The molecule has 0 spiro atoms. The Labute approximate surface area is 129 Å². The van der Waals surface area contributed by atoms with Crippen LogP contribution in [0.3, 0.4) is 0 Å². The van der Waals surface area contributed by atoms with Crippen LogP contribution >= 0.6 is 0 Å². The van der Waals surface area contributed by atoms with Crippen LogP contribution in [0.4, 0.5) is 0 Å². The molecule has 4 nitrogen and oxygen atoms in total. The summed E-state index contributed by atoms with van der Waals surface area (Å²) in [6, 6.07) is 15.9. The number of rotatable bonds is 4. The predicted molar refractivity (Wildman–Crippen MR) is 87.3 cm³/mol. The summed E-state index contributed by atoms with van der Waals surface area (Å²) in [7, 11) is 3.33. The van der Waals surface area contributed by atoms with Crippen LogP contribution in [0.5, 0.6) is 11.5 Å². The lowest BCUT2D eigenvalue weighted by Crippen LogP contribution is -1.87. The standard InChI is InChI=1S/C18H18N2O2/c1-12-17(13-7-9-15(21-2)10-8-13)18(20-19-12)14-5-4-6-16(11-14)22-3/h4-11H,1-3H3,(H,19,20). The van der Waals surface area contributed by atoms with Crippen LogP contribution in [0.25, 0.3) is 22.4 Å².